The van der Waals surface area contributed by atoms with Gasteiger partial charge in [0, 0.05) is 0 Å². The van der Waals surface area contributed by atoms with E-state index in [4.69, 9.17) is 0 Å². The lowest BCUT2D eigenvalue weighted by atomic mass is 9.81. The second-order valence-electron chi connectivity index (χ2n) is 5.77. The first kappa shape index (κ1) is 20.4. The van der Waals surface area contributed by atoms with Crippen molar-refractivity contribution < 1.29 is 19.8 Å². The minimum Gasteiger partial charge on any atom is -0.480 e. The number of allylic oxidation sites excluding steroid dienone is 3. The Morgan fingerprint density at radius 3 is 1.95 bits per heavy atom. The van der Waals surface area contributed by atoms with Crippen LogP contribution in [0.25, 0.3) is 0 Å². The zero-order valence-electron chi connectivity index (χ0n) is 13.7. The second-order valence-corrected chi connectivity index (χ2v) is 5.77. The number of hydrogen-bond acceptors (Lipinski definition) is 2. The molecule has 0 aliphatic carbocycles. The summed E-state index contributed by atoms with van der Waals surface area (Å²) in [5, 5.41) is 18.4. The van der Waals surface area contributed by atoms with E-state index in [1.54, 1.807) is 6.08 Å². The quantitative estimate of drug-likeness (QED) is 0.274. The van der Waals surface area contributed by atoms with Gasteiger partial charge in [0.2, 0.25) is 0 Å². The molecular weight excluding hydrogens is 280 g/mol. The van der Waals surface area contributed by atoms with Gasteiger partial charge in [0.1, 0.15) is 0 Å². The molecule has 0 aromatic rings. The molecule has 0 aromatic heterocycles. The van der Waals surface area contributed by atoms with Crippen LogP contribution in [0, 0.1) is 5.41 Å². The zero-order valence-corrected chi connectivity index (χ0v) is 13.7. The predicted molar refractivity (Wildman–Crippen MR) is 88.9 cm³/mol. The largest absolute Gasteiger partial charge is 0.480 e. The monoisotopic (exact) mass is 310 g/mol. The molecule has 0 amide bonds. The molecule has 0 aliphatic rings. The number of unbranched alkanes of at least 4 members (excludes halogenated alkanes) is 7. The maximum absolute atomic E-state index is 11.3. The molecule has 0 atom stereocenters. The van der Waals surface area contributed by atoms with E-state index >= 15 is 0 Å². The number of carboxylic acids is 2. The first-order valence-corrected chi connectivity index (χ1v) is 8.24. The fourth-order valence-electron chi connectivity index (χ4n) is 2.39. The third-order valence-corrected chi connectivity index (χ3v) is 3.92. The Morgan fingerprint density at radius 1 is 0.909 bits per heavy atom. The molecule has 0 unspecified atom stereocenters. The van der Waals surface area contributed by atoms with Crippen LogP contribution >= 0.6 is 0 Å². The van der Waals surface area contributed by atoms with E-state index in [-0.39, 0.29) is 12.8 Å². The Kier molecular flexibility index (Phi) is 11.2. The van der Waals surface area contributed by atoms with E-state index < -0.39 is 17.4 Å². The smallest absolute Gasteiger partial charge is 0.321 e. The third kappa shape index (κ3) is 7.43. The summed E-state index contributed by atoms with van der Waals surface area (Å²) in [6.07, 6.45) is 14.3. The minimum absolute atomic E-state index is 0.000185. The Labute approximate surface area is 133 Å². The van der Waals surface area contributed by atoms with Crippen LogP contribution in [0.3, 0.4) is 0 Å². The average Bonchev–Trinajstić information content (AvgIpc) is 2.47. The molecule has 0 aromatic carbocycles. The summed E-state index contributed by atoms with van der Waals surface area (Å²) in [6.45, 7) is 5.66. The highest BCUT2D eigenvalue weighted by molar-refractivity contribution is 5.98. The molecule has 0 bridgehead atoms. The van der Waals surface area contributed by atoms with Crippen molar-refractivity contribution in [2.75, 3.05) is 0 Å². The first-order valence-electron chi connectivity index (χ1n) is 8.24. The van der Waals surface area contributed by atoms with Gasteiger partial charge in [-0.3, -0.25) is 9.59 Å². The van der Waals surface area contributed by atoms with E-state index in [1.807, 2.05) is 6.08 Å². The summed E-state index contributed by atoms with van der Waals surface area (Å²) >= 11 is 0. The number of aliphatic carboxylic acids is 2. The summed E-state index contributed by atoms with van der Waals surface area (Å²) in [4.78, 5) is 22.6. The Morgan fingerprint density at radius 2 is 1.45 bits per heavy atom. The van der Waals surface area contributed by atoms with Crippen molar-refractivity contribution in [3.8, 4) is 0 Å². The van der Waals surface area contributed by atoms with Crippen molar-refractivity contribution in [1.29, 1.82) is 0 Å². The SMILES string of the molecule is C=CCC(CC=CCCCCCCCCC)(C(=O)O)C(=O)O. The molecule has 0 spiro atoms. The summed E-state index contributed by atoms with van der Waals surface area (Å²) in [6, 6.07) is 0. The molecule has 4 heteroatoms. The Bertz CT molecular complexity index is 357. The highest BCUT2D eigenvalue weighted by Crippen LogP contribution is 2.29. The standard InChI is InChI=1S/C18H30O4/c1-3-5-6-7-8-9-10-11-12-13-15-18(14-4-2,16(19)20)17(21)22/h4,12-13H,2-3,5-11,14-15H2,1H3,(H,19,20)(H,21,22). The average molecular weight is 310 g/mol. The van der Waals surface area contributed by atoms with Crippen LogP contribution in [0.1, 0.15) is 71.1 Å². The Hall–Kier alpha value is -1.58. The summed E-state index contributed by atoms with van der Waals surface area (Å²) in [5.74, 6) is -2.61. The molecular formula is C18H30O4. The van der Waals surface area contributed by atoms with Crippen LogP contribution in [0.4, 0.5) is 0 Å². The van der Waals surface area contributed by atoms with Crippen LogP contribution in [-0.2, 0) is 9.59 Å². The van der Waals surface area contributed by atoms with Gasteiger partial charge in [-0.25, -0.2) is 0 Å². The van der Waals surface area contributed by atoms with Crippen molar-refractivity contribution in [2.45, 2.75) is 71.1 Å². The number of carboxylic acid groups (broad SMARTS) is 2. The molecule has 0 rings (SSSR count). The molecule has 22 heavy (non-hydrogen) atoms. The van der Waals surface area contributed by atoms with Gasteiger partial charge in [0.25, 0.3) is 0 Å². The molecule has 126 valence electrons. The fraction of sp³-hybridized carbons (Fsp3) is 0.667. The van der Waals surface area contributed by atoms with Crippen molar-refractivity contribution in [2.24, 2.45) is 5.41 Å². The van der Waals surface area contributed by atoms with Crippen LogP contribution in [0.5, 0.6) is 0 Å². The van der Waals surface area contributed by atoms with Crippen molar-refractivity contribution in [3.05, 3.63) is 24.8 Å². The van der Waals surface area contributed by atoms with Gasteiger partial charge >= 0.3 is 11.9 Å². The van der Waals surface area contributed by atoms with Gasteiger partial charge in [0.15, 0.2) is 5.41 Å². The molecule has 0 radical (unpaired) electrons. The third-order valence-electron chi connectivity index (χ3n) is 3.92. The number of hydrogen-bond donors (Lipinski definition) is 2. The van der Waals surface area contributed by atoms with Gasteiger partial charge in [-0.05, 0) is 25.7 Å². The summed E-state index contributed by atoms with van der Waals surface area (Å²) in [7, 11) is 0. The van der Waals surface area contributed by atoms with Crippen LogP contribution in [0.15, 0.2) is 24.8 Å². The van der Waals surface area contributed by atoms with E-state index in [2.05, 4.69) is 13.5 Å². The van der Waals surface area contributed by atoms with Gasteiger partial charge in [-0.1, -0.05) is 63.7 Å². The van der Waals surface area contributed by atoms with E-state index in [0.717, 1.165) is 12.8 Å². The molecule has 0 saturated carbocycles. The maximum atomic E-state index is 11.3. The molecule has 0 saturated heterocycles. The fourth-order valence-corrected chi connectivity index (χ4v) is 2.39. The predicted octanol–water partition coefficient (Wildman–Crippen LogP) is 4.81. The normalized spacial score (nSPS) is 11.7. The van der Waals surface area contributed by atoms with Crippen LogP contribution in [0.2, 0.25) is 0 Å². The highest BCUT2D eigenvalue weighted by Gasteiger charge is 2.44. The van der Waals surface area contributed by atoms with E-state index in [1.165, 1.54) is 44.6 Å². The minimum atomic E-state index is -1.78. The zero-order chi connectivity index (χ0) is 16.8. The van der Waals surface area contributed by atoms with Crippen molar-refractivity contribution in [1.82, 2.24) is 0 Å². The van der Waals surface area contributed by atoms with Crippen molar-refractivity contribution >= 4 is 11.9 Å². The van der Waals surface area contributed by atoms with Gasteiger partial charge in [-0.2, -0.15) is 0 Å². The Balaban J connectivity index is 4.08. The van der Waals surface area contributed by atoms with E-state index in [9.17, 15) is 19.8 Å². The van der Waals surface area contributed by atoms with E-state index in [0.29, 0.717) is 0 Å². The number of carbonyl (C=O) groups is 2. The molecule has 2 N–H and O–H groups in total. The first-order chi connectivity index (χ1) is 10.5. The van der Waals surface area contributed by atoms with Gasteiger partial charge in [0.05, 0.1) is 0 Å². The second kappa shape index (κ2) is 12.0. The van der Waals surface area contributed by atoms with Crippen molar-refractivity contribution in [3.63, 3.8) is 0 Å². The highest BCUT2D eigenvalue weighted by atomic mass is 16.4. The molecule has 0 aliphatic heterocycles. The van der Waals surface area contributed by atoms with Crippen LogP contribution < -0.4 is 0 Å². The molecule has 0 heterocycles. The lowest BCUT2D eigenvalue weighted by molar-refractivity contribution is -0.164. The van der Waals surface area contributed by atoms with Gasteiger partial charge in [-0.15, -0.1) is 6.58 Å². The summed E-state index contributed by atoms with van der Waals surface area (Å²) in [5.41, 5.74) is -1.78. The van der Waals surface area contributed by atoms with Gasteiger partial charge < -0.3 is 10.2 Å². The summed E-state index contributed by atoms with van der Waals surface area (Å²) < 4.78 is 0. The lowest BCUT2D eigenvalue weighted by Gasteiger charge is -2.21. The lowest BCUT2D eigenvalue weighted by Crippen LogP contribution is -2.38. The topological polar surface area (TPSA) is 74.6 Å². The molecule has 0 fully saturated rings. The maximum Gasteiger partial charge on any atom is 0.321 e. The van der Waals surface area contributed by atoms with Crippen LogP contribution in [-0.4, -0.2) is 22.2 Å². The molecule has 4 nitrogen and oxygen atoms in total. The number of rotatable bonds is 14.